The van der Waals surface area contributed by atoms with Crippen molar-refractivity contribution in [2.45, 2.75) is 20.3 Å². The van der Waals surface area contributed by atoms with Crippen LogP contribution in [-0.2, 0) is 11.2 Å². The second kappa shape index (κ2) is 6.14. The first kappa shape index (κ1) is 15.5. The van der Waals surface area contributed by atoms with Crippen LogP contribution < -0.4 is 5.32 Å². The predicted octanol–water partition coefficient (Wildman–Crippen LogP) is 3.00. The normalized spacial score (nSPS) is 11.1. The number of aromatic amines is 1. The van der Waals surface area contributed by atoms with Crippen molar-refractivity contribution in [3.8, 4) is 5.13 Å². The van der Waals surface area contributed by atoms with Gasteiger partial charge in [0.05, 0.1) is 28.8 Å². The van der Waals surface area contributed by atoms with Gasteiger partial charge in [-0.15, -0.1) is 11.3 Å². The standard InChI is InChI=1S/C17H16N6OS/c1-10-7-11(2)23(22-10)17-18-12(9-25-17)8-15(24)21-16-19-13-5-3-4-6-14(13)20-16/h3-7,9H,8H2,1-2H3,(H2,19,20,21,24). The number of hydrogen-bond acceptors (Lipinski definition) is 5. The number of carbonyl (C=O) groups excluding carboxylic acids is 1. The first-order valence-electron chi connectivity index (χ1n) is 7.81. The van der Waals surface area contributed by atoms with Gasteiger partial charge in [-0.05, 0) is 32.0 Å². The highest BCUT2D eigenvalue weighted by Crippen LogP contribution is 2.18. The van der Waals surface area contributed by atoms with Crippen LogP contribution in [0, 0.1) is 13.8 Å². The number of nitrogens with one attached hydrogen (secondary N) is 2. The Morgan fingerprint density at radius 1 is 1.28 bits per heavy atom. The molecular weight excluding hydrogens is 336 g/mol. The van der Waals surface area contributed by atoms with Gasteiger partial charge < -0.3 is 4.98 Å². The van der Waals surface area contributed by atoms with Gasteiger partial charge in [0.15, 0.2) is 0 Å². The lowest BCUT2D eigenvalue weighted by Gasteiger charge is -2.00. The summed E-state index contributed by atoms with van der Waals surface area (Å²) in [6.45, 7) is 3.92. The Hall–Kier alpha value is -3.00. The molecule has 0 aliphatic carbocycles. The number of benzene rings is 1. The summed E-state index contributed by atoms with van der Waals surface area (Å²) in [5.74, 6) is 0.282. The van der Waals surface area contributed by atoms with Crippen LogP contribution in [0.3, 0.4) is 0 Å². The van der Waals surface area contributed by atoms with Crippen LogP contribution >= 0.6 is 11.3 Å². The number of fused-ring (bicyclic) bond motifs is 1. The molecule has 0 spiro atoms. The molecule has 0 saturated heterocycles. The number of rotatable bonds is 4. The molecule has 0 bridgehead atoms. The highest BCUT2D eigenvalue weighted by molar-refractivity contribution is 7.12. The van der Waals surface area contributed by atoms with Crippen LogP contribution in [0.25, 0.3) is 16.2 Å². The summed E-state index contributed by atoms with van der Waals surface area (Å²) in [5, 5.41) is 9.84. The Morgan fingerprint density at radius 2 is 2.12 bits per heavy atom. The van der Waals surface area contributed by atoms with Crippen molar-refractivity contribution >= 4 is 34.2 Å². The third-order valence-electron chi connectivity index (χ3n) is 3.72. The molecule has 8 heteroatoms. The van der Waals surface area contributed by atoms with E-state index >= 15 is 0 Å². The SMILES string of the molecule is Cc1cc(C)n(-c2nc(CC(=O)Nc3nc4ccccc4[nH]3)cs2)n1. The summed E-state index contributed by atoms with van der Waals surface area (Å²) in [7, 11) is 0. The van der Waals surface area contributed by atoms with Crippen molar-refractivity contribution in [1.29, 1.82) is 0 Å². The van der Waals surface area contributed by atoms with Crippen molar-refractivity contribution in [3.63, 3.8) is 0 Å². The lowest BCUT2D eigenvalue weighted by atomic mass is 10.3. The molecule has 0 fully saturated rings. The van der Waals surface area contributed by atoms with Crippen molar-refractivity contribution in [3.05, 3.63) is 52.8 Å². The molecule has 0 atom stereocenters. The molecule has 3 heterocycles. The van der Waals surface area contributed by atoms with Crippen LogP contribution in [0.4, 0.5) is 5.95 Å². The predicted molar refractivity (Wildman–Crippen MR) is 97.1 cm³/mol. The van der Waals surface area contributed by atoms with E-state index in [1.54, 1.807) is 4.68 Å². The molecule has 2 N–H and O–H groups in total. The number of nitrogens with zero attached hydrogens (tertiary/aromatic N) is 4. The minimum absolute atomic E-state index is 0.163. The molecule has 1 amide bonds. The minimum Gasteiger partial charge on any atom is -0.324 e. The van der Waals surface area contributed by atoms with Gasteiger partial charge in [-0.25, -0.2) is 14.6 Å². The van der Waals surface area contributed by atoms with E-state index in [4.69, 9.17) is 0 Å². The third-order valence-corrected chi connectivity index (χ3v) is 4.58. The van der Waals surface area contributed by atoms with Crippen molar-refractivity contribution < 1.29 is 4.79 Å². The zero-order valence-corrected chi connectivity index (χ0v) is 14.6. The second-order valence-corrected chi connectivity index (χ2v) is 6.62. The lowest BCUT2D eigenvalue weighted by Crippen LogP contribution is -2.15. The second-order valence-electron chi connectivity index (χ2n) is 5.79. The molecule has 4 aromatic rings. The number of aromatic nitrogens is 5. The Bertz CT molecular complexity index is 1030. The van der Waals surface area contributed by atoms with E-state index in [1.165, 1.54) is 11.3 Å². The monoisotopic (exact) mass is 352 g/mol. The van der Waals surface area contributed by atoms with E-state index in [1.807, 2.05) is 49.6 Å². The van der Waals surface area contributed by atoms with E-state index in [2.05, 4.69) is 25.4 Å². The third kappa shape index (κ3) is 3.16. The van der Waals surface area contributed by atoms with Gasteiger partial charge in [-0.1, -0.05) is 12.1 Å². The van der Waals surface area contributed by atoms with E-state index in [9.17, 15) is 4.79 Å². The van der Waals surface area contributed by atoms with Gasteiger partial charge in [0.2, 0.25) is 17.0 Å². The maximum absolute atomic E-state index is 12.2. The Kier molecular flexibility index (Phi) is 3.81. The highest BCUT2D eigenvalue weighted by Gasteiger charge is 2.12. The first-order chi connectivity index (χ1) is 12.1. The van der Waals surface area contributed by atoms with Crippen LogP contribution in [0.15, 0.2) is 35.7 Å². The molecule has 25 heavy (non-hydrogen) atoms. The summed E-state index contributed by atoms with van der Waals surface area (Å²) in [5.41, 5.74) is 4.37. The molecule has 4 rings (SSSR count). The number of hydrogen-bond donors (Lipinski definition) is 2. The van der Waals surface area contributed by atoms with Gasteiger partial charge in [0.1, 0.15) is 0 Å². The van der Waals surface area contributed by atoms with Crippen molar-refractivity contribution in [2.75, 3.05) is 5.32 Å². The number of thiazole rings is 1. The van der Waals surface area contributed by atoms with E-state index in [0.29, 0.717) is 11.6 Å². The smallest absolute Gasteiger partial charge is 0.232 e. The van der Waals surface area contributed by atoms with Gasteiger partial charge >= 0.3 is 0 Å². The number of H-pyrrole nitrogens is 1. The number of aryl methyl sites for hydroxylation is 2. The number of anilines is 1. The Morgan fingerprint density at radius 3 is 2.88 bits per heavy atom. The number of carbonyl (C=O) groups is 1. The lowest BCUT2D eigenvalue weighted by molar-refractivity contribution is -0.115. The summed E-state index contributed by atoms with van der Waals surface area (Å²) in [6.07, 6.45) is 0.187. The maximum atomic E-state index is 12.2. The van der Waals surface area contributed by atoms with Gasteiger partial charge in [0, 0.05) is 11.1 Å². The average molecular weight is 352 g/mol. The Labute approximate surface area is 147 Å². The van der Waals surface area contributed by atoms with E-state index in [0.717, 1.165) is 27.6 Å². The molecule has 0 aliphatic rings. The molecular formula is C17H16N6OS. The Balaban J connectivity index is 1.47. The first-order valence-corrected chi connectivity index (χ1v) is 8.69. The van der Waals surface area contributed by atoms with Crippen LogP contribution in [0.1, 0.15) is 17.1 Å². The molecule has 126 valence electrons. The highest BCUT2D eigenvalue weighted by atomic mass is 32.1. The fraction of sp³-hybridized carbons (Fsp3) is 0.176. The number of imidazole rings is 1. The molecule has 0 saturated carbocycles. The van der Waals surface area contributed by atoms with E-state index < -0.39 is 0 Å². The summed E-state index contributed by atoms with van der Waals surface area (Å²) >= 11 is 1.47. The average Bonchev–Trinajstić information content (AvgIpc) is 3.25. The van der Waals surface area contributed by atoms with Crippen LogP contribution in [0.5, 0.6) is 0 Å². The fourth-order valence-electron chi connectivity index (χ4n) is 2.65. The molecule has 0 radical (unpaired) electrons. The van der Waals surface area contributed by atoms with Gasteiger partial charge in [-0.2, -0.15) is 5.10 Å². The van der Waals surface area contributed by atoms with Gasteiger partial charge in [-0.3, -0.25) is 10.1 Å². The van der Waals surface area contributed by atoms with Gasteiger partial charge in [0.25, 0.3) is 0 Å². The largest absolute Gasteiger partial charge is 0.324 e. The number of amides is 1. The van der Waals surface area contributed by atoms with Crippen LogP contribution in [0.2, 0.25) is 0 Å². The minimum atomic E-state index is -0.163. The van der Waals surface area contributed by atoms with Crippen molar-refractivity contribution in [1.82, 2.24) is 24.7 Å². The topological polar surface area (TPSA) is 88.5 Å². The maximum Gasteiger partial charge on any atom is 0.232 e. The summed E-state index contributed by atoms with van der Waals surface area (Å²) in [4.78, 5) is 24.2. The quantitative estimate of drug-likeness (QED) is 0.591. The molecule has 0 unspecified atom stereocenters. The molecule has 1 aromatic carbocycles. The molecule has 0 aliphatic heterocycles. The fourth-order valence-corrected chi connectivity index (χ4v) is 3.48. The summed E-state index contributed by atoms with van der Waals surface area (Å²) < 4.78 is 1.79. The van der Waals surface area contributed by atoms with Crippen molar-refractivity contribution in [2.24, 2.45) is 0 Å². The molecule has 3 aromatic heterocycles. The number of para-hydroxylation sites is 2. The van der Waals surface area contributed by atoms with Crippen LogP contribution in [-0.4, -0.2) is 30.6 Å². The molecule has 7 nitrogen and oxygen atoms in total. The van der Waals surface area contributed by atoms with E-state index in [-0.39, 0.29) is 12.3 Å². The zero-order chi connectivity index (χ0) is 17.4. The zero-order valence-electron chi connectivity index (χ0n) is 13.8. The summed E-state index contributed by atoms with van der Waals surface area (Å²) in [6, 6.07) is 9.63.